The monoisotopic (exact) mass is 353 g/mol. The Morgan fingerprint density at radius 1 is 1.19 bits per heavy atom. The van der Waals surface area contributed by atoms with Gasteiger partial charge in [-0.05, 0) is 24.3 Å². The van der Waals surface area contributed by atoms with E-state index in [1.54, 1.807) is 0 Å². The van der Waals surface area contributed by atoms with E-state index in [2.05, 4.69) is 51.4 Å². The summed E-state index contributed by atoms with van der Waals surface area (Å²) in [6, 6.07) is 10.0. The van der Waals surface area contributed by atoms with Gasteiger partial charge in [-0.1, -0.05) is 44.2 Å². The van der Waals surface area contributed by atoms with Crippen LogP contribution >= 0.6 is 0 Å². The number of fused-ring (bicyclic) bond motifs is 1. The van der Waals surface area contributed by atoms with Crippen LogP contribution in [0.3, 0.4) is 0 Å². The molecule has 1 atom stereocenters. The predicted octanol–water partition coefficient (Wildman–Crippen LogP) is 1.97. The number of rotatable bonds is 5. The van der Waals surface area contributed by atoms with Crippen molar-refractivity contribution >= 4 is 5.91 Å². The second-order valence-electron chi connectivity index (χ2n) is 7.77. The second kappa shape index (κ2) is 6.83. The van der Waals surface area contributed by atoms with Crippen LogP contribution in [0.5, 0.6) is 0 Å². The Morgan fingerprint density at radius 2 is 1.96 bits per heavy atom. The van der Waals surface area contributed by atoms with Crippen LogP contribution in [0.4, 0.5) is 0 Å². The molecule has 2 heterocycles. The quantitative estimate of drug-likeness (QED) is 0.862. The van der Waals surface area contributed by atoms with Crippen molar-refractivity contribution in [2.75, 3.05) is 13.1 Å². The van der Waals surface area contributed by atoms with Gasteiger partial charge in [-0.25, -0.2) is 0 Å². The second-order valence-corrected chi connectivity index (χ2v) is 7.77. The molecule has 2 aliphatic rings. The van der Waals surface area contributed by atoms with E-state index in [0.717, 1.165) is 56.1 Å². The van der Waals surface area contributed by atoms with Gasteiger partial charge in [-0.15, -0.1) is 10.2 Å². The molecule has 1 saturated carbocycles. The molecule has 2 aromatic rings. The van der Waals surface area contributed by atoms with Crippen molar-refractivity contribution in [3.05, 3.63) is 47.5 Å². The molecule has 0 unspecified atom stereocenters. The molecule has 1 aromatic heterocycles. The van der Waals surface area contributed by atoms with Crippen LogP contribution in [0.2, 0.25) is 0 Å². The average Bonchev–Trinajstić information content (AvgIpc) is 3.42. The highest BCUT2D eigenvalue weighted by molar-refractivity contribution is 5.91. The van der Waals surface area contributed by atoms with Gasteiger partial charge in [0, 0.05) is 26.1 Å². The molecule has 26 heavy (non-hydrogen) atoms. The van der Waals surface area contributed by atoms with Gasteiger partial charge >= 0.3 is 0 Å². The number of aromatic nitrogens is 3. The minimum atomic E-state index is -0.363. The Labute approximate surface area is 154 Å². The zero-order valence-electron chi connectivity index (χ0n) is 15.5. The van der Waals surface area contributed by atoms with E-state index in [4.69, 9.17) is 0 Å². The first kappa shape index (κ1) is 17.2. The summed E-state index contributed by atoms with van der Waals surface area (Å²) in [6.45, 7) is 6.94. The van der Waals surface area contributed by atoms with Gasteiger partial charge in [0.05, 0.1) is 11.5 Å². The Kier molecular flexibility index (Phi) is 4.53. The number of benzene rings is 1. The third kappa shape index (κ3) is 3.03. The summed E-state index contributed by atoms with van der Waals surface area (Å²) in [5.74, 6) is 2.26. The number of hydrogen-bond acceptors (Lipinski definition) is 4. The van der Waals surface area contributed by atoms with Crippen LogP contribution in [0.25, 0.3) is 0 Å². The SMILES string of the molecule is CC(C)[C@@H](NC(=O)C1(c2ccccc2)CC1)c1nnc2n1CCNCC2. The van der Waals surface area contributed by atoms with Gasteiger partial charge in [-0.2, -0.15) is 0 Å². The summed E-state index contributed by atoms with van der Waals surface area (Å²) in [7, 11) is 0. The lowest BCUT2D eigenvalue weighted by Gasteiger charge is -2.25. The summed E-state index contributed by atoms with van der Waals surface area (Å²) < 4.78 is 2.19. The highest BCUT2D eigenvalue weighted by Crippen LogP contribution is 2.48. The Balaban J connectivity index is 1.59. The third-order valence-corrected chi connectivity index (χ3v) is 5.64. The van der Waals surface area contributed by atoms with E-state index >= 15 is 0 Å². The fourth-order valence-corrected chi connectivity index (χ4v) is 3.86. The van der Waals surface area contributed by atoms with Crippen molar-refractivity contribution in [2.45, 2.75) is 51.1 Å². The van der Waals surface area contributed by atoms with Gasteiger partial charge in [0.1, 0.15) is 5.82 Å². The molecule has 138 valence electrons. The standard InChI is InChI=1S/C20H27N5O/c1-14(2)17(18-24-23-16-8-11-21-12-13-25(16)18)22-19(26)20(9-10-20)15-6-4-3-5-7-15/h3-7,14,17,21H,8-13H2,1-2H3,(H,22,26)/t17-/m1/s1. The fourth-order valence-electron chi connectivity index (χ4n) is 3.86. The lowest BCUT2D eigenvalue weighted by molar-refractivity contribution is -0.124. The van der Waals surface area contributed by atoms with Crippen molar-refractivity contribution in [3.8, 4) is 0 Å². The van der Waals surface area contributed by atoms with Crippen molar-refractivity contribution in [3.63, 3.8) is 0 Å². The van der Waals surface area contributed by atoms with Crippen molar-refractivity contribution in [2.24, 2.45) is 5.92 Å². The highest BCUT2D eigenvalue weighted by atomic mass is 16.2. The molecule has 0 bridgehead atoms. The molecule has 2 N–H and O–H groups in total. The first-order valence-electron chi connectivity index (χ1n) is 9.61. The van der Waals surface area contributed by atoms with Crippen molar-refractivity contribution < 1.29 is 4.79 Å². The van der Waals surface area contributed by atoms with Gasteiger partial charge in [-0.3, -0.25) is 4.79 Å². The Bertz CT molecular complexity index is 779. The Morgan fingerprint density at radius 3 is 2.65 bits per heavy atom. The number of hydrogen-bond donors (Lipinski definition) is 2. The number of nitrogens with one attached hydrogen (secondary N) is 2. The molecular formula is C20H27N5O. The minimum Gasteiger partial charge on any atom is -0.345 e. The number of nitrogens with zero attached hydrogens (tertiary/aromatic N) is 3. The van der Waals surface area contributed by atoms with E-state index in [1.807, 2.05) is 18.2 Å². The molecule has 1 amide bonds. The molecule has 0 radical (unpaired) electrons. The van der Waals surface area contributed by atoms with Crippen LogP contribution in [-0.4, -0.2) is 33.8 Å². The molecule has 6 heteroatoms. The zero-order chi connectivity index (χ0) is 18.1. The first-order valence-corrected chi connectivity index (χ1v) is 9.61. The molecule has 0 saturated heterocycles. The van der Waals surface area contributed by atoms with Crippen LogP contribution in [0.1, 0.15) is 49.9 Å². The van der Waals surface area contributed by atoms with Crippen LogP contribution in [0, 0.1) is 5.92 Å². The molecule has 1 aromatic carbocycles. The van der Waals surface area contributed by atoms with Gasteiger partial charge in [0.15, 0.2) is 5.82 Å². The maximum absolute atomic E-state index is 13.2. The Hall–Kier alpha value is -2.21. The maximum Gasteiger partial charge on any atom is 0.231 e. The van der Waals surface area contributed by atoms with E-state index in [1.165, 1.54) is 0 Å². The number of carbonyl (C=O) groups is 1. The van der Waals surface area contributed by atoms with E-state index in [-0.39, 0.29) is 23.3 Å². The summed E-state index contributed by atoms with van der Waals surface area (Å²) in [5, 5.41) is 15.5. The summed E-state index contributed by atoms with van der Waals surface area (Å²) >= 11 is 0. The van der Waals surface area contributed by atoms with Crippen molar-refractivity contribution in [1.82, 2.24) is 25.4 Å². The van der Waals surface area contributed by atoms with Gasteiger partial charge in [0.25, 0.3) is 0 Å². The number of amides is 1. The van der Waals surface area contributed by atoms with Crippen LogP contribution in [0.15, 0.2) is 30.3 Å². The van der Waals surface area contributed by atoms with Gasteiger partial charge < -0.3 is 15.2 Å². The molecule has 6 nitrogen and oxygen atoms in total. The lowest BCUT2D eigenvalue weighted by Crippen LogP contribution is -2.40. The largest absolute Gasteiger partial charge is 0.345 e. The molecule has 1 aliphatic heterocycles. The minimum absolute atomic E-state index is 0.117. The fraction of sp³-hybridized carbons (Fsp3) is 0.550. The normalized spacial score (nSPS) is 19.5. The molecule has 0 spiro atoms. The summed E-state index contributed by atoms with van der Waals surface area (Å²) in [6.07, 6.45) is 2.70. The topological polar surface area (TPSA) is 71.8 Å². The zero-order valence-corrected chi connectivity index (χ0v) is 15.5. The van der Waals surface area contributed by atoms with Gasteiger partial charge in [0.2, 0.25) is 5.91 Å². The average molecular weight is 353 g/mol. The van der Waals surface area contributed by atoms with Crippen LogP contribution in [-0.2, 0) is 23.2 Å². The number of carbonyl (C=O) groups excluding carboxylic acids is 1. The summed E-state index contributed by atoms with van der Waals surface area (Å²) in [5.41, 5.74) is 0.752. The van der Waals surface area contributed by atoms with Crippen LogP contribution < -0.4 is 10.6 Å². The lowest BCUT2D eigenvalue weighted by atomic mass is 9.93. The molecule has 4 rings (SSSR count). The van der Waals surface area contributed by atoms with E-state index < -0.39 is 0 Å². The van der Waals surface area contributed by atoms with E-state index in [9.17, 15) is 4.79 Å². The molecular weight excluding hydrogens is 326 g/mol. The molecule has 1 aliphatic carbocycles. The molecule has 1 fully saturated rings. The summed E-state index contributed by atoms with van der Waals surface area (Å²) in [4.78, 5) is 13.2. The maximum atomic E-state index is 13.2. The predicted molar refractivity (Wildman–Crippen MR) is 99.7 cm³/mol. The smallest absolute Gasteiger partial charge is 0.231 e. The highest BCUT2D eigenvalue weighted by Gasteiger charge is 2.51. The first-order chi connectivity index (χ1) is 12.6. The third-order valence-electron chi connectivity index (χ3n) is 5.64. The van der Waals surface area contributed by atoms with E-state index in [0.29, 0.717) is 0 Å². The van der Waals surface area contributed by atoms with Crippen molar-refractivity contribution in [1.29, 1.82) is 0 Å².